The zero-order chi connectivity index (χ0) is 27.1. The number of hydrogen-bond acceptors (Lipinski definition) is 4. The van der Waals surface area contributed by atoms with Crippen LogP contribution in [0.4, 0.5) is 0 Å². The van der Waals surface area contributed by atoms with E-state index in [1.807, 2.05) is 60.7 Å². The van der Waals surface area contributed by atoms with E-state index in [0.717, 1.165) is 61.3 Å². The smallest absolute Gasteiger partial charge is 0.365 e. The predicted octanol–water partition coefficient (Wildman–Crippen LogP) is 6.85. The number of benzene rings is 3. The van der Waals surface area contributed by atoms with Crippen LogP contribution in [0.5, 0.6) is 11.5 Å². The summed E-state index contributed by atoms with van der Waals surface area (Å²) in [6.07, 6.45) is 7.16. The van der Waals surface area contributed by atoms with E-state index in [9.17, 15) is 4.79 Å². The Morgan fingerprint density at radius 1 is 0.632 bits per heavy atom. The molecule has 0 N–H and O–H groups in total. The minimum Gasteiger partial charge on any atom is -0.494 e. The van der Waals surface area contributed by atoms with Crippen LogP contribution >= 0.6 is 0 Å². The lowest BCUT2D eigenvalue weighted by atomic mass is 10.0. The molecule has 0 aliphatic carbocycles. The molecule has 0 heterocycles. The first-order valence-electron chi connectivity index (χ1n) is 13.8. The Morgan fingerprint density at radius 3 is 1.71 bits per heavy atom. The average molecular weight is 519 g/mol. The first-order chi connectivity index (χ1) is 18.4. The summed E-state index contributed by atoms with van der Waals surface area (Å²) in [6, 6.07) is 28.0. The zero-order valence-electron chi connectivity index (χ0n) is 23.3. The molecule has 0 aliphatic heterocycles. The maximum atomic E-state index is 12.8. The fraction of sp³-hybridized carbons (Fsp3) is 0.424. The van der Waals surface area contributed by atoms with Crippen molar-refractivity contribution in [2.45, 2.75) is 57.6 Å². The molecule has 3 rings (SSSR count). The van der Waals surface area contributed by atoms with Crippen molar-refractivity contribution in [1.29, 1.82) is 0 Å². The van der Waals surface area contributed by atoms with Gasteiger partial charge in [-0.15, -0.1) is 0 Å². The largest absolute Gasteiger partial charge is 0.494 e. The van der Waals surface area contributed by atoms with Gasteiger partial charge in [0.1, 0.15) is 18.1 Å². The highest BCUT2D eigenvalue weighted by Gasteiger charge is 2.33. The van der Waals surface area contributed by atoms with Crippen molar-refractivity contribution in [3.8, 4) is 11.5 Å². The fourth-order valence-corrected chi connectivity index (χ4v) is 4.25. The van der Waals surface area contributed by atoms with Gasteiger partial charge in [0.15, 0.2) is 6.04 Å². The van der Waals surface area contributed by atoms with Crippen LogP contribution in [0.1, 0.15) is 49.7 Å². The van der Waals surface area contributed by atoms with Crippen molar-refractivity contribution in [3.05, 3.63) is 96.1 Å². The van der Waals surface area contributed by atoms with Crippen molar-refractivity contribution in [2.24, 2.45) is 0 Å². The van der Waals surface area contributed by atoms with Crippen molar-refractivity contribution in [3.63, 3.8) is 0 Å². The highest BCUT2D eigenvalue weighted by molar-refractivity contribution is 5.75. The van der Waals surface area contributed by atoms with Crippen LogP contribution in [0.15, 0.2) is 84.9 Å². The second-order valence-corrected chi connectivity index (χ2v) is 10.7. The fourth-order valence-electron chi connectivity index (χ4n) is 4.25. The maximum Gasteiger partial charge on any atom is 0.365 e. The Morgan fingerprint density at radius 2 is 1.13 bits per heavy atom. The van der Waals surface area contributed by atoms with Gasteiger partial charge in [0.2, 0.25) is 0 Å². The lowest BCUT2D eigenvalue weighted by Crippen LogP contribution is -2.51. The Bertz CT molecular complexity index is 1050. The molecular weight excluding hydrogens is 474 g/mol. The number of unbranched alkanes of at least 4 members (excludes halogenated alkanes) is 5. The highest BCUT2D eigenvalue weighted by atomic mass is 16.5. The monoisotopic (exact) mass is 518 g/mol. The van der Waals surface area contributed by atoms with Crippen LogP contribution < -0.4 is 9.47 Å². The van der Waals surface area contributed by atoms with Crippen LogP contribution in [-0.4, -0.2) is 50.9 Å². The molecule has 0 spiro atoms. The van der Waals surface area contributed by atoms with Gasteiger partial charge in [-0.1, -0.05) is 86.3 Å². The summed E-state index contributed by atoms with van der Waals surface area (Å²) in [6.45, 7) is 1.78. The number of ether oxygens (including phenoxy) is 3. The third kappa shape index (κ3) is 11.0. The minimum atomic E-state index is -0.199. The molecule has 0 radical (unpaired) electrons. The Kier molecular flexibility index (Phi) is 12.2. The first kappa shape index (κ1) is 29.2. The first-order valence-corrected chi connectivity index (χ1v) is 13.8. The van der Waals surface area contributed by atoms with Crippen molar-refractivity contribution in [1.82, 2.24) is 0 Å². The second-order valence-electron chi connectivity index (χ2n) is 10.7. The normalized spacial score (nSPS) is 12.1. The zero-order valence-corrected chi connectivity index (χ0v) is 23.3. The molecule has 0 aliphatic rings. The molecule has 38 heavy (non-hydrogen) atoms. The molecule has 3 aromatic rings. The van der Waals surface area contributed by atoms with Gasteiger partial charge in [0, 0.05) is 6.42 Å². The number of hydrogen-bond donors (Lipinski definition) is 0. The number of likely N-dealkylation sites (N-methyl/N-ethyl adjacent to an activating group) is 1. The number of nitrogens with zero attached hydrogens (tertiary/aromatic N) is 1. The van der Waals surface area contributed by atoms with Crippen molar-refractivity contribution >= 4 is 5.97 Å². The number of carbonyl (C=O) groups is 1. The molecule has 0 bridgehead atoms. The van der Waals surface area contributed by atoms with Crippen molar-refractivity contribution in [2.75, 3.05) is 34.4 Å². The van der Waals surface area contributed by atoms with Gasteiger partial charge < -0.3 is 18.7 Å². The SMILES string of the molecule is C[N+](C)(C)[C@H](Cc1ccccc1)C(=O)OCCCCCCCCOc1ccc(OCc2ccccc2)cc1. The Labute approximate surface area is 228 Å². The van der Waals surface area contributed by atoms with Gasteiger partial charge in [-0.2, -0.15) is 0 Å². The minimum absolute atomic E-state index is 0.103. The third-order valence-corrected chi connectivity index (χ3v) is 6.60. The molecule has 0 amide bonds. The van der Waals surface area contributed by atoms with Gasteiger partial charge in [0.05, 0.1) is 34.4 Å². The summed E-state index contributed by atoms with van der Waals surface area (Å²) in [4.78, 5) is 12.8. The lowest BCUT2D eigenvalue weighted by Gasteiger charge is -2.32. The Balaban J connectivity index is 1.21. The van der Waals surface area contributed by atoms with Crippen LogP contribution in [0.25, 0.3) is 0 Å². The molecule has 0 saturated carbocycles. The number of rotatable bonds is 17. The third-order valence-electron chi connectivity index (χ3n) is 6.60. The summed E-state index contributed by atoms with van der Waals surface area (Å²) < 4.78 is 17.9. The molecule has 0 fully saturated rings. The van der Waals surface area contributed by atoms with E-state index in [0.29, 0.717) is 24.1 Å². The van der Waals surface area contributed by atoms with E-state index >= 15 is 0 Å². The second kappa shape index (κ2) is 15.8. The van der Waals surface area contributed by atoms with Gasteiger partial charge in [0.25, 0.3) is 0 Å². The Hall–Kier alpha value is -3.31. The van der Waals surface area contributed by atoms with E-state index in [1.54, 1.807) is 0 Å². The molecule has 5 heteroatoms. The lowest BCUT2D eigenvalue weighted by molar-refractivity contribution is -0.887. The van der Waals surface area contributed by atoms with E-state index < -0.39 is 0 Å². The number of esters is 1. The van der Waals surface area contributed by atoms with E-state index in [-0.39, 0.29) is 12.0 Å². The number of quaternary nitrogens is 1. The molecule has 5 nitrogen and oxygen atoms in total. The van der Waals surface area contributed by atoms with Crippen LogP contribution in [0.3, 0.4) is 0 Å². The van der Waals surface area contributed by atoms with Gasteiger partial charge in [-0.3, -0.25) is 0 Å². The summed E-state index contributed by atoms with van der Waals surface area (Å²) in [5, 5.41) is 0. The summed E-state index contributed by atoms with van der Waals surface area (Å²) in [5.74, 6) is 1.61. The topological polar surface area (TPSA) is 44.8 Å². The van der Waals surface area contributed by atoms with Crippen LogP contribution in [0.2, 0.25) is 0 Å². The molecule has 0 saturated heterocycles. The van der Waals surface area contributed by atoms with E-state index in [1.165, 1.54) is 6.42 Å². The average Bonchev–Trinajstić information content (AvgIpc) is 2.92. The summed E-state index contributed by atoms with van der Waals surface area (Å²) >= 11 is 0. The van der Waals surface area contributed by atoms with Crippen molar-refractivity contribution < 1.29 is 23.5 Å². The molecular formula is C33H44NO4+. The molecule has 0 aromatic heterocycles. The van der Waals surface area contributed by atoms with Gasteiger partial charge >= 0.3 is 5.97 Å². The highest BCUT2D eigenvalue weighted by Crippen LogP contribution is 2.19. The molecule has 1 atom stereocenters. The molecule has 0 unspecified atom stereocenters. The maximum absolute atomic E-state index is 12.8. The number of carbonyl (C=O) groups excluding carboxylic acids is 1. The van der Waals surface area contributed by atoms with E-state index in [2.05, 4.69) is 45.4 Å². The predicted molar refractivity (Wildman–Crippen MR) is 153 cm³/mol. The van der Waals surface area contributed by atoms with Gasteiger partial charge in [-0.05, 0) is 48.2 Å². The van der Waals surface area contributed by atoms with Crippen LogP contribution in [-0.2, 0) is 22.6 Å². The molecule has 204 valence electrons. The molecule has 3 aromatic carbocycles. The van der Waals surface area contributed by atoms with E-state index in [4.69, 9.17) is 14.2 Å². The standard InChI is InChI=1S/C33H44NO4/c1-34(2,3)32(26-28-16-10-8-11-17-28)33(35)37-25-15-7-5-4-6-14-24-36-30-20-22-31(23-21-30)38-27-29-18-12-9-13-19-29/h8-13,16-23,32H,4-7,14-15,24-27H2,1-3H3/q+1/t32-/m1/s1. The van der Waals surface area contributed by atoms with Crippen LogP contribution in [0, 0.1) is 0 Å². The summed E-state index contributed by atoms with van der Waals surface area (Å²) in [5.41, 5.74) is 2.32. The van der Waals surface area contributed by atoms with Gasteiger partial charge in [-0.25, -0.2) is 4.79 Å². The summed E-state index contributed by atoms with van der Waals surface area (Å²) in [7, 11) is 6.15. The quantitative estimate of drug-likeness (QED) is 0.111.